The first kappa shape index (κ1) is 16.7. The monoisotopic (exact) mass is 319 g/mol. The summed E-state index contributed by atoms with van der Waals surface area (Å²) in [5.74, 6) is 0.682. The number of hydrogen-bond donors (Lipinski definition) is 1. The average molecular weight is 319 g/mol. The maximum Gasteiger partial charge on any atom is 0.292 e. The summed E-state index contributed by atoms with van der Waals surface area (Å²) in [5.41, 5.74) is 0.0209. The smallest absolute Gasteiger partial charge is 0.292 e. The summed E-state index contributed by atoms with van der Waals surface area (Å²) in [6.07, 6.45) is 1.89. The summed E-state index contributed by atoms with van der Waals surface area (Å²) in [7, 11) is -0.627. The number of rotatable bonds is 7. The first-order chi connectivity index (χ1) is 9.34. The maximum atomic E-state index is 12.3. The van der Waals surface area contributed by atoms with Gasteiger partial charge in [-0.25, -0.2) is 12.7 Å². The summed E-state index contributed by atoms with van der Waals surface area (Å²) in [5, 5.41) is 13.5. The second-order valence-electron chi connectivity index (χ2n) is 4.01. The van der Waals surface area contributed by atoms with Crippen LogP contribution in [0.15, 0.2) is 23.1 Å². The highest BCUT2D eigenvalue weighted by Crippen LogP contribution is 2.28. The molecule has 0 saturated carbocycles. The summed E-state index contributed by atoms with van der Waals surface area (Å²) in [6, 6.07) is 3.73. The molecule has 1 N–H and O–H groups in total. The lowest BCUT2D eigenvalue weighted by molar-refractivity contribution is -0.384. The van der Waals surface area contributed by atoms with Gasteiger partial charge in [0.25, 0.3) is 5.69 Å². The molecule has 0 aliphatic rings. The predicted molar refractivity (Wildman–Crippen MR) is 80.8 cm³/mol. The zero-order valence-corrected chi connectivity index (χ0v) is 13.1. The molecular formula is C11H17N3O4S2. The van der Waals surface area contributed by atoms with Crippen LogP contribution in [0.3, 0.4) is 0 Å². The molecule has 0 aliphatic carbocycles. The van der Waals surface area contributed by atoms with Crippen LogP contribution in [0.2, 0.25) is 0 Å². The van der Waals surface area contributed by atoms with Gasteiger partial charge in [0.05, 0.1) is 9.82 Å². The standard InChI is InChI=1S/C11H17N3O4S2/c1-12-10-8-9(4-5-11(10)14(15)16)20(17,18)13(2)6-7-19-3/h4-5,8,12H,6-7H2,1-3H3. The Labute approximate surface area is 122 Å². The SMILES string of the molecule is CNc1cc(S(=O)(=O)N(C)CCSC)ccc1[N+](=O)[O-]. The van der Waals surface area contributed by atoms with Crippen molar-refractivity contribution in [2.45, 2.75) is 4.90 Å². The van der Waals surface area contributed by atoms with Crippen LogP contribution in [0, 0.1) is 10.1 Å². The lowest BCUT2D eigenvalue weighted by Gasteiger charge is -2.17. The zero-order valence-electron chi connectivity index (χ0n) is 11.5. The minimum Gasteiger partial charge on any atom is -0.383 e. The normalized spacial score (nSPS) is 11.6. The Morgan fingerprint density at radius 1 is 1.45 bits per heavy atom. The third kappa shape index (κ3) is 3.62. The molecule has 0 unspecified atom stereocenters. The van der Waals surface area contributed by atoms with Gasteiger partial charge in [0.1, 0.15) is 5.69 Å². The molecule has 0 spiro atoms. The fourth-order valence-corrected chi connectivity index (χ4v) is 3.33. The molecule has 1 aromatic carbocycles. The largest absolute Gasteiger partial charge is 0.383 e. The molecule has 0 fully saturated rings. The van der Waals surface area contributed by atoms with Gasteiger partial charge in [-0.05, 0) is 18.4 Å². The van der Waals surface area contributed by atoms with E-state index in [4.69, 9.17) is 0 Å². The van der Waals surface area contributed by atoms with E-state index in [2.05, 4.69) is 5.32 Å². The topological polar surface area (TPSA) is 92.6 Å². The van der Waals surface area contributed by atoms with Crippen molar-refractivity contribution in [3.05, 3.63) is 28.3 Å². The van der Waals surface area contributed by atoms with Gasteiger partial charge < -0.3 is 5.32 Å². The molecule has 9 heteroatoms. The van der Waals surface area contributed by atoms with Gasteiger partial charge >= 0.3 is 0 Å². The summed E-state index contributed by atoms with van der Waals surface area (Å²) in [4.78, 5) is 10.3. The van der Waals surface area contributed by atoms with Gasteiger partial charge in [0.2, 0.25) is 10.0 Å². The van der Waals surface area contributed by atoms with E-state index >= 15 is 0 Å². The third-order valence-electron chi connectivity index (χ3n) is 2.75. The summed E-state index contributed by atoms with van der Waals surface area (Å²) < 4.78 is 25.9. The van der Waals surface area contributed by atoms with Gasteiger partial charge in [-0.1, -0.05) is 0 Å². The summed E-state index contributed by atoms with van der Waals surface area (Å²) >= 11 is 1.55. The molecule has 1 rings (SSSR count). The van der Waals surface area contributed by atoms with Crippen molar-refractivity contribution in [2.75, 3.05) is 38.0 Å². The number of nitro benzene ring substituents is 1. The second kappa shape index (κ2) is 6.91. The Morgan fingerprint density at radius 3 is 2.60 bits per heavy atom. The fraction of sp³-hybridized carbons (Fsp3) is 0.455. The number of nitrogens with zero attached hydrogens (tertiary/aromatic N) is 2. The molecule has 20 heavy (non-hydrogen) atoms. The fourth-order valence-electron chi connectivity index (χ4n) is 1.56. The minimum atomic E-state index is -3.63. The average Bonchev–Trinajstić information content (AvgIpc) is 2.43. The molecule has 7 nitrogen and oxygen atoms in total. The van der Waals surface area contributed by atoms with Crippen LogP contribution in [-0.4, -0.2) is 50.3 Å². The highest BCUT2D eigenvalue weighted by atomic mass is 32.2. The maximum absolute atomic E-state index is 12.3. The Kier molecular flexibility index (Phi) is 5.78. The van der Waals surface area contributed by atoms with Crippen LogP contribution < -0.4 is 5.32 Å². The number of anilines is 1. The third-order valence-corrected chi connectivity index (χ3v) is 5.20. The van der Waals surface area contributed by atoms with E-state index in [1.54, 1.807) is 11.8 Å². The first-order valence-electron chi connectivity index (χ1n) is 5.76. The lowest BCUT2D eigenvalue weighted by Crippen LogP contribution is -2.29. The second-order valence-corrected chi connectivity index (χ2v) is 7.04. The van der Waals surface area contributed by atoms with Crippen LogP contribution in [0.1, 0.15) is 0 Å². The van der Waals surface area contributed by atoms with E-state index in [0.717, 1.165) is 0 Å². The Morgan fingerprint density at radius 2 is 2.10 bits per heavy atom. The highest BCUT2D eigenvalue weighted by molar-refractivity contribution is 7.98. The molecule has 0 aromatic heterocycles. The molecule has 0 aliphatic heterocycles. The van der Waals surface area contributed by atoms with Crippen molar-refractivity contribution in [3.63, 3.8) is 0 Å². The van der Waals surface area contributed by atoms with Crippen LogP contribution >= 0.6 is 11.8 Å². The van der Waals surface area contributed by atoms with Crippen molar-refractivity contribution in [1.29, 1.82) is 0 Å². The molecule has 0 atom stereocenters. The lowest BCUT2D eigenvalue weighted by atomic mass is 10.3. The Bertz CT molecular complexity index is 589. The van der Waals surface area contributed by atoms with E-state index < -0.39 is 14.9 Å². The van der Waals surface area contributed by atoms with Crippen molar-refractivity contribution >= 4 is 33.2 Å². The van der Waals surface area contributed by atoms with Crippen LogP contribution in [0.5, 0.6) is 0 Å². The van der Waals surface area contributed by atoms with Crippen molar-refractivity contribution in [3.8, 4) is 0 Å². The van der Waals surface area contributed by atoms with Gasteiger partial charge in [-0.2, -0.15) is 11.8 Å². The van der Waals surface area contributed by atoms with Crippen LogP contribution in [0.25, 0.3) is 0 Å². The van der Waals surface area contributed by atoms with Crippen LogP contribution in [0.4, 0.5) is 11.4 Å². The van der Waals surface area contributed by atoms with Gasteiger partial charge in [-0.3, -0.25) is 10.1 Å². The van der Waals surface area contributed by atoms with Gasteiger partial charge in [-0.15, -0.1) is 0 Å². The van der Waals surface area contributed by atoms with E-state index in [0.29, 0.717) is 12.3 Å². The van der Waals surface area contributed by atoms with Crippen molar-refractivity contribution < 1.29 is 13.3 Å². The van der Waals surface area contributed by atoms with E-state index in [9.17, 15) is 18.5 Å². The minimum absolute atomic E-state index is 0.0380. The molecule has 0 bridgehead atoms. The number of sulfonamides is 1. The van der Waals surface area contributed by atoms with Crippen molar-refractivity contribution in [1.82, 2.24) is 4.31 Å². The summed E-state index contributed by atoms with van der Waals surface area (Å²) in [6.45, 7) is 0.384. The number of hydrogen-bond acceptors (Lipinski definition) is 6. The number of benzene rings is 1. The molecule has 0 saturated heterocycles. The number of nitro groups is 1. The predicted octanol–water partition coefficient (Wildman–Crippen LogP) is 1.62. The highest BCUT2D eigenvalue weighted by Gasteiger charge is 2.23. The van der Waals surface area contributed by atoms with Gasteiger partial charge in [0.15, 0.2) is 0 Å². The molecule has 0 heterocycles. The number of thioether (sulfide) groups is 1. The zero-order chi connectivity index (χ0) is 15.3. The van der Waals surface area contributed by atoms with Crippen LogP contribution in [-0.2, 0) is 10.0 Å². The Hall–Kier alpha value is -1.32. The molecule has 1 aromatic rings. The van der Waals surface area contributed by atoms with Gasteiger partial charge in [0, 0.05) is 32.5 Å². The number of nitrogens with one attached hydrogen (secondary N) is 1. The quantitative estimate of drug-likeness (QED) is 0.606. The Balaban J connectivity index is 3.16. The molecule has 0 radical (unpaired) electrons. The first-order valence-corrected chi connectivity index (χ1v) is 8.59. The van der Waals surface area contributed by atoms with E-state index in [1.807, 2.05) is 6.26 Å². The van der Waals surface area contributed by atoms with Crippen molar-refractivity contribution in [2.24, 2.45) is 0 Å². The molecule has 0 amide bonds. The molecular weight excluding hydrogens is 302 g/mol. The van der Waals surface area contributed by atoms with E-state index in [-0.39, 0.29) is 16.3 Å². The molecule has 112 valence electrons. The van der Waals surface area contributed by atoms with E-state index in [1.165, 1.54) is 36.6 Å².